The lowest BCUT2D eigenvalue weighted by Gasteiger charge is -2.24. The molecule has 160 valence electrons. The predicted octanol–water partition coefficient (Wildman–Crippen LogP) is 4.10. The highest BCUT2D eigenvalue weighted by molar-refractivity contribution is 7.80. The van der Waals surface area contributed by atoms with E-state index < -0.39 is 17.5 Å². The SMILES string of the molecule is O=C(CN1CCCN(C(=S)Nc2ccc(F)c(Cl)c2)CC1)Nc1ccc(F)cc1F. The number of amides is 1. The van der Waals surface area contributed by atoms with Gasteiger partial charge in [-0.25, -0.2) is 13.2 Å². The molecule has 1 amide bonds. The fourth-order valence-corrected chi connectivity index (χ4v) is 3.57. The van der Waals surface area contributed by atoms with Crippen molar-refractivity contribution in [3.8, 4) is 0 Å². The molecule has 1 saturated heterocycles. The van der Waals surface area contributed by atoms with Crippen LogP contribution in [-0.4, -0.2) is 53.5 Å². The van der Waals surface area contributed by atoms with Crippen LogP contribution in [0.3, 0.4) is 0 Å². The largest absolute Gasteiger partial charge is 0.348 e. The number of carbonyl (C=O) groups is 1. The number of hydrogen-bond donors (Lipinski definition) is 2. The Morgan fingerprint density at radius 1 is 1.00 bits per heavy atom. The number of nitrogens with one attached hydrogen (secondary N) is 2. The van der Waals surface area contributed by atoms with Crippen molar-refractivity contribution in [2.45, 2.75) is 6.42 Å². The van der Waals surface area contributed by atoms with E-state index >= 15 is 0 Å². The molecule has 2 aromatic rings. The van der Waals surface area contributed by atoms with Gasteiger partial charge in [0.15, 0.2) is 5.11 Å². The predicted molar refractivity (Wildman–Crippen MR) is 115 cm³/mol. The van der Waals surface area contributed by atoms with Crippen LogP contribution in [0, 0.1) is 17.5 Å². The van der Waals surface area contributed by atoms with Crippen LogP contribution in [-0.2, 0) is 4.79 Å². The minimum Gasteiger partial charge on any atom is -0.348 e. The lowest BCUT2D eigenvalue weighted by molar-refractivity contribution is -0.117. The van der Waals surface area contributed by atoms with Gasteiger partial charge in [-0.3, -0.25) is 9.69 Å². The van der Waals surface area contributed by atoms with E-state index in [9.17, 15) is 18.0 Å². The minimum absolute atomic E-state index is 0.00782. The maximum Gasteiger partial charge on any atom is 0.238 e. The summed E-state index contributed by atoms with van der Waals surface area (Å²) in [5, 5.41) is 6.00. The molecule has 0 atom stereocenters. The Morgan fingerprint density at radius 3 is 2.53 bits per heavy atom. The Kier molecular flexibility index (Phi) is 7.52. The van der Waals surface area contributed by atoms with E-state index in [1.54, 1.807) is 6.07 Å². The summed E-state index contributed by atoms with van der Waals surface area (Å²) in [6.45, 7) is 2.59. The second-order valence-electron chi connectivity index (χ2n) is 6.85. The third-order valence-corrected chi connectivity index (χ3v) is 5.27. The number of benzene rings is 2. The molecule has 2 N–H and O–H groups in total. The van der Waals surface area contributed by atoms with Gasteiger partial charge in [-0.05, 0) is 49.0 Å². The molecule has 0 aromatic heterocycles. The summed E-state index contributed by atoms with van der Waals surface area (Å²) in [6.07, 6.45) is 0.768. The Hall–Kier alpha value is -2.36. The minimum atomic E-state index is -0.817. The third-order valence-electron chi connectivity index (χ3n) is 4.62. The van der Waals surface area contributed by atoms with Crippen molar-refractivity contribution < 1.29 is 18.0 Å². The fourth-order valence-electron chi connectivity index (χ4n) is 3.09. The first-order valence-corrected chi connectivity index (χ1v) is 10.1. The van der Waals surface area contributed by atoms with Gasteiger partial charge in [-0.1, -0.05) is 11.6 Å². The molecule has 0 aliphatic carbocycles. The van der Waals surface area contributed by atoms with Crippen molar-refractivity contribution in [3.05, 3.63) is 58.9 Å². The van der Waals surface area contributed by atoms with E-state index in [2.05, 4.69) is 10.6 Å². The molecule has 10 heteroatoms. The quantitative estimate of drug-likeness (QED) is 0.678. The van der Waals surface area contributed by atoms with Crippen molar-refractivity contribution in [3.63, 3.8) is 0 Å². The molecule has 0 bridgehead atoms. The third kappa shape index (κ3) is 6.07. The van der Waals surface area contributed by atoms with Gasteiger partial charge in [0.2, 0.25) is 5.91 Å². The van der Waals surface area contributed by atoms with Crippen molar-refractivity contribution in [2.75, 3.05) is 43.4 Å². The van der Waals surface area contributed by atoms with Crippen LogP contribution in [0.15, 0.2) is 36.4 Å². The molecule has 1 heterocycles. The average Bonchev–Trinajstić information content (AvgIpc) is 2.92. The van der Waals surface area contributed by atoms with E-state index in [0.29, 0.717) is 37.0 Å². The second kappa shape index (κ2) is 10.1. The standard InChI is InChI=1S/C20H20ClF3N4OS/c21-15-11-14(3-4-16(15)23)25-20(30)28-7-1-6-27(8-9-28)12-19(29)26-18-5-2-13(22)10-17(18)24/h2-5,10-11H,1,6-9,12H2,(H,25,30)(H,26,29). The van der Waals surface area contributed by atoms with Crippen LogP contribution in [0.2, 0.25) is 5.02 Å². The number of halogens is 4. The van der Waals surface area contributed by atoms with Crippen LogP contribution in [0.5, 0.6) is 0 Å². The molecule has 30 heavy (non-hydrogen) atoms. The zero-order chi connectivity index (χ0) is 21.7. The zero-order valence-electron chi connectivity index (χ0n) is 15.9. The molecule has 1 aliphatic rings. The molecular formula is C20H20ClF3N4OS. The number of anilines is 2. The van der Waals surface area contributed by atoms with Crippen LogP contribution in [0.1, 0.15) is 6.42 Å². The first-order chi connectivity index (χ1) is 14.3. The summed E-state index contributed by atoms with van der Waals surface area (Å²) in [7, 11) is 0. The van der Waals surface area contributed by atoms with Gasteiger partial charge < -0.3 is 15.5 Å². The van der Waals surface area contributed by atoms with Gasteiger partial charge >= 0.3 is 0 Å². The van der Waals surface area contributed by atoms with Gasteiger partial charge in [0, 0.05) is 37.9 Å². The topological polar surface area (TPSA) is 47.6 Å². The highest BCUT2D eigenvalue weighted by Crippen LogP contribution is 2.20. The summed E-state index contributed by atoms with van der Waals surface area (Å²) in [5.74, 6) is -2.40. The number of rotatable bonds is 4. The Balaban J connectivity index is 1.50. The first-order valence-electron chi connectivity index (χ1n) is 9.30. The van der Waals surface area contributed by atoms with E-state index in [4.69, 9.17) is 23.8 Å². The highest BCUT2D eigenvalue weighted by Gasteiger charge is 2.19. The Morgan fingerprint density at radius 2 is 1.80 bits per heavy atom. The smallest absolute Gasteiger partial charge is 0.238 e. The lowest BCUT2D eigenvalue weighted by Crippen LogP contribution is -2.39. The molecule has 5 nitrogen and oxygen atoms in total. The van der Waals surface area contributed by atoms with Gasteiger partial charge in [0.25, 0.3) is 0 Å². The Bertz CT molecular complexity index is 946. The van der Waals surface area contributed by atoms with E-state index in [0.717, 1.165) is 18.6 Å². The van der Waals surface area contributed by atoms with Crippen molar-refractivity contribution >= 4 is 46.2 Å². The normalized spacial score (nSPS) is 14.9. The monoisotopic (exact) mass is 456 g/mol. The molecule has 0 radical (unpaired) electrons. The molecule has 0 unspecified atom stereocenters. The molecule has 0 saturated carbocycles. The van der Waals surface area contributed by atoms with Gasteiger partial charge in [-0.15, -0.1) is 0 Å². The molecule has 0 spiro atoms. The molecule has 1 aliphatic heterocycles. The summed E-state index contributed by atoms with van der Waals surface area (Å²) < 4.78 is 40.0. The van der Waals surface area contributed by atoms with Crippen LogP contribution < -0.4 is 10.6 Å². The van der Waals surface area contributed by atoms with E-state index in [1.807, 2.05) is 9.80 Å². The summed E-state index contributed by atoms with van der Waals surface area (Å²) in [4.78, 5) is 16.1. The fraction of sp³-hybridized carbons (Fsp3) is 0.300. The Labute approximate surface area is 182 Å². The van der Waals surface area contributed by atoms with Crippen molar-refractivity contribution in [1.29, 1.82) is 0 Å². The van der Waals surface area contributed by atoms with Crippen LogP contribution in [0.4, 0.5) is 24.5 Å². The summed E-state index contributed by atoms with van der Waals surface area (Å²) in [6, 6.07) is 7.29. The maximum atomic E-state index is 13.7. The van der Waals surface area contributed by atoms with Gasteiger partial charge in [0.1, 0.15) is 17.5 Å². The summed E-state index contributed by atoms with van der Waals surface area (Å²) >= 11 is 11.2. The zero-order valence-corrected chi connectivity index (χ0v) is 17.5. The molecule has 3 rings (SSSR count). The number of hydrogen-bond acceptors (Lipinski definition) is 3. The van der Waals surface area contributed by atoms with Crippen LogP contribution >= 0.6 is 23.8 Å². The summed E-state index contributed by atoms with van der Waals surface area (Å²) in [5.41, 5.74) is 0.536. The molecule has 2 aromatic carbocycles. The number of nitrogens with zero attached hydrogens (tertiary/aromatic N) is 2. The van der Waals surface area contributed by atoms with Crippen molar-refractivity contribution in [2.24, 2.45) is 0 Å². The first kappa shape index (κ1) is 22.3. The molecule has 1 fully saturated rings. The highest BCUT2D eigenvalue weighted by atomic mass is 35.5. The van der Waals surface area contributed by atoms with Gasteiger partial charge in [-0.2, -0.15) is 0 Å². The average molecular weight is 457 g/mol. The van der Waals surface area contributed by atoms with E-state index in [1.165, 1.54) is 18.2 Å². The number of carbonyl (C=O) groups excluding carboxylic acids is 1. The molecular weight excluding hydrogens is 437 g/mol. The number of thiocarbonyl (C=S) groups is 1. The second-order valence-corrected chi connectivity index (χ2v) is 7.64. The van der Waals surface area contributed by atoms with Crippen molar-refractivity contribution in [1.82, 2.24) is 9.80 Å². The van der Waals surface area contributed by atoms with Gasteiger partial charge in [0.05, 0.1) is 17.3 Å². The maximum absolute atomic E-state index is 13.7. The van der Waals surface area contributed by atoms with E-state index in [-0.39, 0.29) is 23.2 Å². The lowest BCUT2D eigenvalue weighted by atomic mass is 10.3. The van der Waals surface area contributed by atoms with Crippen LogP contribution in [0.25, 0.3) is 0 Å².